The van der Waals surface area contributed by atoms with E-state index in [-0.39, 0.29) is 6.04 Å². The second-order valence-corrected chi connectivity index (χ2v) is 5.03. The van der Waals surface area contributed by atoms with Gasteiger partial charge in [-0.2, -0.15) is 0 Å². The molecular weight excluding hydrogens is 242 g/mol. The van der Waals surface area contributed by atoms with E-state index in [0.29, 0.717) is 23.2 Å². The van der Waals surface area contributed by atoms with Gasteiger partial charge < -0.3 is 19.9 Å². The first-order valence-electron chi connectivity index (χ1n) is 6.76. The number of methoxy groups -OCH3 is 3. The minimum Gasteiger partial charge on any atom is -0.493 e. The Morgan fingerprint density at radius 3 is 1.95 bits per heavy atom. The molecule has 0 saturated heterocycles. The lowest BCUT2D eigenvalue weighted by Gasteiger charge is -2.21. The van der Waals surface area contributed by atoms with Crippen LogP contribution in [-0.4, -0.2) is 21.3 Å². The molecule has 0 amide bonds. The van der Waals surface area contributed by atoms with Crippen LogP contribution >= 0.6 is 0 Å². The largest absolute Gasteiger partial charge is 0.493 e. The molecule has 106 valence electrons. The summed E-state index contributed by atoms with van der Waals surface area (Å²) in [4.78, 5) is 0. The van der Waals surface area contributed by atoms with Gasteiger partial charge in [-0.3, -0.25) is 0 Å². The van der Waals surface area contributed by atoms with Crippen molar-refractivity contribution in [2.75, 3.05) is 21.3 Å². The van der Waals surface area contributed by atoms with E-state index >= 15 is 0 Å². The highest BCUT2D eigenvalue weighted by Crippen LogP contribution is 2.42. The summed E-state index contributed by atoms with van der Waals surface area (Å²) in [7, 11) is 4.86. The predicted molar refractivity (Wildman–Crippen MR) is 75.0 cm³/mol. The lowest BCUT2D eigenvalue weighted by atomic mass is 9.92. The summed E-state index contributed by atoms with van der Waals surface area (Å²) in [5.41, 5.74) is 7.44. The number of rotatable bonds is 5. The van der Waals surface area contributed by atoms with Crippen molar-refractivity contribution in [1.29, 1.82) is 0 Å². The fraction of sp³-hybridized carbons (Fsp3) is 0.600. The van der Waals surface area contributed by atoms with E-state index in [1.165, 1.54) is 25.7 Å². The van der Waals surface area contributed by atoms with E-state index in [1.54, 1.807) is 21.3 Å². The summed E-state index contributed by atoms with van der Waals surface area (Å²) < 4.78 is 16.1. The van der Waals surface area contributed by atoms with Crippen molar-refractivity contribution in [3.63, 3.8) is 0 Å². The van der Waals surface area contributed by atoms with Gasteiger partial charge in [0, 0.05) is 6.04 Å². The maximum absolute atomic E-state index is 6.39. The molecule has 2 N–H and O–H groups in total. The molecule has 0 bridgehead atoms. The van der Waals surface area contributed by atoms with Crippen LogP contribution in [0.2, 0.25) is 0 Å². The normalized spacial score (nSPS) is 17.3. The molecule has 4 heteroatoms. The summed E-state index contributed by atoms with van der Waals surface area (Å²) in [6.45, 7) is 0. The average Bonchev–Trinajstić information content (AvgIpc) is 2.98. The minimum absolute atomic E-state index is 0.0382. The zero-order valence-electron chi connectivity index (χ0n) is 11.9. The molecule has 0 unspecified atom stereocenters. The first kappa shape index (κ1) is 14.0. The zero-order valence-corrected chi connectivity index (χ0v) is 11.9. The number of nitrogens with two attached hydrogens (primary N) is 1. The van der Waals surface area contributed by atoms with Gasteiger partial charge in [0.25, 0.3) is 0 Å². The lowest BCUT2D eigenvalue weighted by molar-refractivity contribution is 0.322. The average molecular weight is 265 g/mol. The lowest BCUT2D eigenvalue weighted by Crippen LogP contribution is -2.19. The summed E-state index contributed by atoms with van der Waals surface area (Å²) in [6.07, 6.45) is 4.97. The van der Waals surface area contributed by atoms with Crippen LogP contribution in [0.1, 0.15) is 37.3 Å². The Kier molecular flexibility index (Phi) is 4.53. The fourth-order valence-electron chi connectivity index (χ4n) is 2.88. The van der Waals surface area contributed by atoms with Gasteiger partial charge in [0.2, 0.25) is 5.75 Å². The summed E-state index contributed by atoms with van der Waals surface area (Å²) in [6, 6.07) is 3.96. The maximum atomic E-state index is 6.39. The predicted octanol–water partition coefficient (Wildman–Crippen LogP) is 2.90. The maximum Gasteiger partial charge on any atom is 0.203 e. The van der Waals surface area contributed by atoms with E-state index < -0.39 is 0 Å². The Labute approximate surface area is 114 Å². The van der Waals surface area contributed by atoms with E-state index in [9.17, 15) is 0 Å². The smallest absolute Gasteiger partial charge is 0.203 e. The highest BCUT2D eigenvalue weighted by molar-refractivity contribution is 5.54. The van der Waals surface area contributed by atoms with Crippen molar-refractivity contribution >= 4 is 0 Å². The Morgan fingerprint density at radius 1 is 1.00 bits per heavy atom. The molecule has 1 fully saturated rings. The van der Waals surface area contributed by atoms with Gasteiger partial charge in [0.15, 0.2) is 11.5 Å². The van der Waals surface area contributed by atoms with Crippen LogP contribution in [0.4, 0.5) is 0 Å². The van der Waals surface area contributed by atoms with Crippen molar-refractivity contribution in [2.45, 2.75) is 31.7 Å². The van der Waals surface area contributed by atoms with E-state index in [0.717, 1.165) is 5.56 Å². The highest BCUT2D eigenvalue weighted by Gasteiger charge is 2.25. The molecule has 1 aliphatic carbocycles. The molecule has 19 heavy (non-hydrogen) atoms. The molecule has 4 nitrogen and oxygen atoms in total. The SMILES string of the molecule is COc1cc([C@H](N)C2CCCC2)cc(OC)c1OC. The minimum atomic E-state index is 0.0382. The third-order valence-electron chi connectivity index (χ3n) is 3.98. The highest BCUT2D eigenvalue weighted by atomic mass is 16.5. The van der Waals surface area contributed by atoms with Gasteiger partial charge in [-0.15, -0.1) is 0 Å². The first-order chi connectivity index (χ1) is 9.21. The van der Waals surface area contributed by atoms with Crippen LogP contribution < -0.4 is 19.9 Å². The van der Waals surface area contributed by atoms with Gasteiger partial charge in [-0.05, 0) is 36.5 Å². The van der Waals surface area contributed by atoms with Crippen LogP contribution in [-0.2, 0) is 0 Å². The van der Waals surface area contributed by atoms with Crippen molar-refractivity contribution < 1.29 is 14.2 Å². The molecule has 1 atom stereocenters. The van der Waals surface area contributed by atoms with Crippen molar-refractivity contribution in [2.24, 2.45) is 11.7 Å². The molecule has 1 saturated carbocycles. The zero-order chi connectivity index (χ0) is 13.8. The van der Waals surface area contributed by atoms with E-state index in [1.807, 2.05) is 12.1 Å². The summed E-state index contributed by atoms with van der Waals surface area (Å²) >= 11 is 0. The Morgan fingerprint density at radius 2 is 1.53 bits per heavy atom. The van der Waals surface area contributed by atoms with Gasteiger partial charge in [-0.1, -0.05) is 12.8 Å². The molecule has 1 aromatic rings. The molecule has 0 heterocycles. The molecule has 0 radical (unpaired) electrons. The van der Waals surface area contributed by atoms with Crippen LogP contribution in [0.5, 0.6) is 17.2 Å². The summed E-state index contributed by atoms with van der Waals surface area (Å²) in [5, 5.41) is 0. The van der Waals surface area contributed by atoms with Crippen molar-refractivity contribution in [3.8, 4) is 17.2 Å². The van der Waals surface area contributed by atoms with E-state index in [4.69, 9.17) is 19.9 Å². The standard InChI is InChI=1S/C15H23NO3/c1-17-12-8-11(9-13(18-2)15(12)19-3)14(16)10-6-4-5-7-10/h8-10,14H,4-7,16H2,1-3H3/t14-/m1/s1. The van der Waals surface area contributed by atoms with Crippen LogP contribution in [0.25, 0.3) is 0 Å². The Hall–Kier alpha value is -1.42. The number of ether oxygens (including phenoxy) is 3. The molecule has 1 aliphatic rings. The summed E-state index contributed by atoms with van der Waals surface area (Å²) in [5.74, 6) is 2.52. The van der Waals surface area contributed by atoms with Crippen molar-refractivity contribution in [1.82, 2.24) is 0 Å². The Bertz CT molecular complexity index is 402. The number of hydrogen-bond acceptors (Lipinski definition) is 4. The third-order valence-corrected chi connectivity index (χ3v) is 3.98. The molecule has 0 aromatic heterocycles. The molecule has 2 rings (SSSR count). The van der Waals surface area contributed by atoms with Gasteiger partial charge in [0.1, 0.15) is 0 Å². The van der Waals surface area contributed by atoms with Gasteiger partial charge >= 0.3 is 0 Å². The second-order valence-electron chi connectivity index (χ2n) is 5.03. The topological polar surface area (TPSA) is 53.7 Å². The van der Waals surface area contributed by atoms with E-state index in [2.05, 4.69) is 0 Å². The van der Waals surface area contributed by atoms with Crippen molar-refractivity contribution in [3.05, 3.63) is 17.7 Å². The van der Waals surface area contributed by atoms with Crippen LogP contribution in [0.15, 0.2) is 12.1 Å². The molecule has 0 spiro atoms. The fourth-order valence-corrected chi connectivity index (χ4v) is 2.88. The second kappa shape index (κ2) is 6.15. The first-order valence-corrected chi connectivity index (χ1v) is 6.76. The van der Waals surface area contributed by atoms with Gasteiger partial charge in [-0.25, -0.2) is 0 Å². The number of hydrogen-bond donors (Lipinski definition) is 1. The quantitative estimate of drug-likeness (QED) is 0.889. The van der Waals surface area contributed by atoms with Crippen LogP contribution in [0.3, 0.4) is 0 Å². The number of benzene rings is 1. The molecular formula is C15H23NO3. The van der Waals surface area contributed by atoms with Crippen LogP contribution in [0, 0.1) is 5.92 Å². The molecule has 0 aliphatic heterocycles. The monoisotopic (exact) mass is 265 g/mol. The molecule has 1 aromatic carbocycles. The third kappa shape index (κ3) is 2.78. The Balaban J connectivity index is 2.34. The van der Waals surface area contributed by atoms with Gasteiger partial charge in [0.05, 0.1) is 21.3 Å².